The molecule has 0 atom stereocenters. The van der Waals surface area contributed by atoms with Gasteiger partial charge in [0.05, 0.1) is 22.8 Å². The van der Waals surface area contributed by atoms with E-state index in [1.165, 1.54) is 5.56 Å². The Morgan fingerprint density at radius 2 is 1.88 bits per heavy atom. The van der Waals surface area contributed by atoms with Gasteiger partial charge >= 0.3 is 0 Å². The van der Waals surface area contributed by atoms with E-state index in [-0.39, 0.29) is 11.3 Å². The highest BCUT2D eigenvalue weighted by atomic mass is 16.2. The SMILES string of the molecule is CN(CCn1cnc2ccccc21)C(=O)C1(Cc2ccccc2)CNC1. The monoisotopic (exact) mass is 348 g/mol. The number of para-hydroxylation sites is 2. The summed E-state index contributed by atoms with van der Waals surface area (Å²) in [7, 11) is 1.91. The number of likely N-dealkylation sites (N-methyl/N-ethyl adjacent to an activating group) is 1. The van der Waals surface area contributed by atoms with Gasteiger partial charge in [0.2, 0.25) is 5.91 Å². The predicted molar refractivity (Wildman–Crippen MR) is 103 cm³/mol. The lowest BCUT2D eigenvalue weighted by Gasteiger charge is -2.43. The van der Waals surface area contributed by atoms with Gasteiger partial charge in [-0.3, -0.25) is 4.79 Å². The summed E-state index contributed by atoms with van der Waals surface area (Å²) in [6, 6.07) is 18.4. The van der Waals surface area contributed by atoms with Crippen LogP contribution in [0.2, 0.25) is 0 Å². The Morgan fingerprint density at radius 1 is 1.15 bits per heavy atom. The van der Waals surface area contributed by atoms with Crippen molar-refractivity contribution >= 4 is 16.9 Å². The van der Waals surface area contributed by atoms with E-state index in [9.17, 15) is 4.79 Å². The molecule has 1 amide bonds. The van der Waals surface area contributed by atoms with Crippen LogP contribution in [0.4, 0.5) is 0 Å². The second-order valence-corrected chi connectivity index (χ2v) is 7.20. The standard InChI is InChI=1S/C21H24N4O/c1-24(11-12-25-16-23-18-9-5-6-10-19(18)25)20(26)21(14-22-15-21)13-17-7-3-2-4-8-17/h2-10,16,22H,11-15H2,1H3. The van der Waals surface area contributed by atoms with E-state index in [4.69, 9.17) is 0 Å². The summed E-state index contributed by atoms with van der Waals surface area (Å²) < 4.78 is 2.11. The first-order valence-electron chi connectivity index (χ1n) is 9.08. The molecule has 0 spiro atoms. The van der Waals surface area contributed by atoms with E-state index in [0.717, 1.165) is 37.1 Å². The van der Waals surface area contributed by atoms with E-state index in [2.05, 4.69) is 33.1 Å². The molecule has 1 fully saturated rings. The molecule has 1 aliphatic rings. The summed E-state index contributed by atoms with van der Waals surface area (Å²) in [6.45, 7) is 2.92. The number of imidazole rings is 1. The van der Waals surface area contributed by atoms with Crippen molar-refractivity contribution in [3.63, 3.8) is 0 Å². The van der Waals surface area contributed by atoms with Crippen molar-refractivity contribution in [1.82, 2.24) is 19.8 Å². The molecule has 4 rings (SSSR count). The molecule has 5 nitrogen and oxygen atoms in total. The topological polar surface area (TPSA) is 50.2 Å². The third-order valence-electron chi connectivity index (χ3n) is 5.32. The molecule has 0 saturated carbocycles. The fourth-order valence-corrected chi connectivity index (χ4v) is 3.72. The molecule has 0 radical (unpaired) electrons. The zero-order chi connectivity index (χ0) is 18.0. The summed E-state index contributed by atoms with van der Waals surface area (Å²) >= 11 is 0. The molecular weight excluding hydrogens is 324 g/mol. The fraction of sp³-hybridized carbons (Fsp3) is 0.333. The van der Waals surface area contributed by atoms with Gasteiger partial charge in [0.1, 0.15) is 0 Å². The van der Waals surface area contributed by atoms with E-state index in [0.29, 0.717) is 6.54 Å². The summed E-state index contributed by atoms with van der Waals surface area (Å²) in [5.74, 6) is 0.226. The Bertz CT molecular complexity index is 899. The summed E-state index contributed by atoms with van der Waals surface area (Å²) in [4.78, 5) is 19.4. The maximum Gasteiger partial charge on any atom is 0.231 e. The highest BCUT2D eigenvalue weighted by molar-refractivity contribution is 5.84. The van der Waals surface area contributed by atoms with Gasteiger partial charge in [-0.15, -0.1) is 0 Å². The van der Waals surface area contributed by atoms with Crippen LogP contribution in [-0.2, 0) is 17.8 Å². The predicted octanol–water partition coefficient (Wildman–Crippen LogP) is 2.33. The lowest BCUT2D eigenvalue weighted by molar-refractivity contribution is -0.144. The number of carbonyl (C=O) groups excluding carboxylic acids is 1. The van der Waals surface area contributed by atoms with E-state index in [1.807, 2.05) is 54.7 Å². The van der Waals surface area contributed by atoms with Crippen molar-refractivity contribution < 1.29 is 4.79 Å². The Labute approximate surface area is 153 Å². The Kier molecular flexibility index (Phi) is 4.47. The van der Waals surface area contributed by atoms with Crippen molar-refractivity contribution in [2.45, 2.75) is 13.0 Å². The fourth-order valence-electron chi connectivity index (χ4n) is 3.72. The largest absolute Gasteiger partial charge is 0.343 e. The van der Waals surface area contributed by atoms with Crippen molar-refractivity contribution in [2.75, 3.05) is 26.7 Å². The minimum atomic E-state index is -0.312. The molecule has 1 saturated heterocycles. The number of benzene rings is 2. The molecule has 0 aliphatic carbocycles. The van der Waals surface area contributed by atoms with Gasteiger partial charge in [0.25, 0.3) is 0 Å². The molecule has 1 aliphatic heterocycles. The van der Waals surface area contributed by atoms with Crippen LogP contribution < -0.4 is 5.32 Å². The molecule has 3 aromatic rings. The lowest BCUT2D eigenvalue weighted by atomic mass is 9.75. The van der Waals surface area contributed by atoms with Crippen LogP contribution in [0.3, 0.4) is 0 Å². The molecular formula is C21H24N4O. The van der Waals surface area contributed by atoms with Crippen LogP contribution in [0.5, 0.6) is 0 Å². The molecule has 134 valence electrons. The molecule has 0 unspecified atom stereocenters. The first-order chi connectivity index (χ1) is 12.7. The van der Waals surface area contributed by atoms with Crippen LogP contribution in [0, 0.1) is 5.41 Å². The van der Waals surface area contributed by atoms with Crippen LogP contribution >= 0.6 is 0 Å². The van der Waals surface area contributed by atoms with Gasteiger partial charge < -0.3 is 14.8 Å². The van der Waals surface area contributed by atoms with Crippen LogP contribution in [0.1, 0.15) is 5.56 Å². The number of amides is 1. The average molecular weight is 348 g/mol. The van der Waals surface area contributed by atoms with Crippen molar-refractivity contribution in [3.8, 4) is 0 Å². The highest BCUT2D eigenvalue weighted by Crippen LogP contribution is 2.30. The summed E-state index contributed by atoms with van der Waals surface area (Å²) in [5, 5.41) is 3.29. The van der Waals surface area contributed by atoms with Gasteiger partial charge in [-0.2, -0.15) is 0 Å². The zero-order valence-electron chi connectivity index (χ0n) is 15.1. The second-order valence-electron chi connectivity index (χ2n) is 7.20. The molecule has 2 heterocycles. The Hall–Kier alpha value is -2.66. The third kappa shape index (κ3) is 3.10. The van der Waals surface area contributed by atoms with E-state index >= 15 is 0 Å². The van der Waals surface area contributed by atoms with Crippen LogP contribution in [-0.4, -0.2) is 47.0 Å². The maximum atomic E-state index is 13.1. The second kappa shape index (κ2) is 6.92. The minimum Gasteiger partial charge on any atom is -0.343 e. The third-order valence-corrected chi connectivity index (χ3v) is 5.32. The number of hydrogen-bond donors (Lipinski definition) is 1. The first-order valence-corrected chi connectivity index (χ1v) is 9.08. The van der Waals surface area contributed by atoms with Crippen molar-refractivity contribution in [2.24, 2.45) is 5.41 Å². The highest BCUT2D eigenvalue weighted by Gasteiger charge is 2.45. The summed E-state index contributed by atoms with van der Waals surface area (Å²) in [6.07, 6.45) is 2.64. The summed E-state index contributed by atoms with van der Waals surface area (Å²) in [5.41, 5.74) is 3.01. The van der Waals surface area contributed by atoms with Crippen LogP contribution in [0.25, 0.3) is 11.0 Å². The molecule has 0 bridgehead atoms. The quantitative estimate of drug-likeness (QED) is 0.744. The molecule has 1 aromatic heterocycles. The van der Waals surface area contributed by atoms with Gasteiger partial charge in [-0.25, -0.2) is 4.98 Å². The minimum absolute atomic E-state index is 0.226. The van der Waals surface area contributed by atoms with Gasteiger partial charge in [0.15, 0.2) is 0 Å². The number of nitrogens with one attached hydrogen (secondary N) is 1. The number of aromatic nitrogens is 2. The van der Waals surface area contributed by atoms with Gasteiger partial charge in [-0.1, -0.05) is 42.5 Å². The molecule has 1 N–H and O–H groups in total. The van der Waals surface area contributed by atoms with E-state index < -0.39 is 0 Å². The maximum absolute atomic E-state index is 13.1. The number of carbonyl (C=O) groups is 1. The van der Waals surface area contributed by atoms with Crippen LogP contribution in [0.15, 0.2) is 60.9 Å². The molecule has 26 heavy (non-hydrogen) atoms. The average Bonchev–Trinajstić information content (AvgIpc) is 3.06. The smallest absolute Gasteiger partial charge is 0.231 e. The normalized spacial score (nSPS) is 15.6. The number of rotatable bonds is 6. The number of fused-ring (bicyclic) bond motifs is 1. The van der Waals surface area contributed by atoms with Gasteiger partial charge in [0, 0.05) is 33.2 Å². The number of nitrogens with zero attached hydrogens (tertiary/aromatic N) is 3. The number of hydrogen-bond acceptors (Lipinski definition) is 3. The van der Waals surface area contributed by atoms with Crippen molar-refractivity contribution in [3.05, 3.63) is 66.5 Å². The lowest BCUT2D eigenvalue weighted by Crippen LogP contribution is -2.62. The zero-order valence-corrected chi connectivity index (χ0v) is 15.1. The Balaban J connectivity index is 1.43. The molecule has 5 heteroatoms. The Morgan fingerprint density at radius 3 is 2.62 bits per heavy atom. The van der Waals surface area contributed by atoms with Gasteiger partial charge in [-0.05, 0) is 24.1 Å². The first kappa shape index (κ1) is 16.8. The van der Waals surface area contributed by atoms with Crippen molar-refractivity contribution in [1.29, 1.82) is 0 Å². The molecule has 2 aromatic carbocycles. The van der Waals surface area contributed by atoms with E-state index in [1.54, 1.807) is 0 Å².